The number of rotatable bonds is 6. The second-order valence-corrected chi connectivity index (χ2v) is 9.79. The van der Waals surface area contributed by atoms with Crippen molar-refractivity contribution in [3.63, 3.8) is 0 Å². The maximum atomic E-state index is 13.5. The molecule has 0 spiro atoms. The Kier molecular flexibility index (Phi) is 7.21. The lowest BCUT2D eigenvalue weighted by molar-refractivity contribution is -0.881. The first-order valence-electron chi connectivity index (χ1n) is 10.5. The number of anilines is 1. The van der Waals surface area contributed by atoms with Crippen molar-refractivity contribution in [3.8, 4) is 0 Å². The number of para-hydroxylation sites is 1. The van der Waals surface area contributed by atoms with E-state index in [9.17, 15) is 9.59 Å². The lowest BCUT2D eigenvalue weighted by atomic mass is 10.1. The Hall–Kier alpha value is -2.31. The van der Waals surface area contributed by atoms with E-state index >= 15 is 0 Å². The highest BCUT2D eigenvalue weighted by Gasteiger charge is 2.34. The Balaban J connectivity index is 1.82. The minimum Gasteiger partial charge on any atom is -0.347 e. The molecule has 0 aliphatic carbocycles. The molecule has 0 radical (unpaired) electrons. The number of benzene rings is 2. The molecule has 30 heavy (non-hydrogen) atoms. The van der Waals surface area contributed by atoms with E-state index in [1.165, 1.54) is 0 Å². The number of nitrogens with zero attached hydrogens (tertiary/aromatic N) is 1. The van der Waals surface area contributed by atoms with Crippen LogP contribution in [-0.4, -0.2) is 42.7 Å². The SMILES string of the molecule is CC[NH+](CC(=O)NC(C)(C)C)CC(=O)N1c2ccccc2SC[C@@H]1c1ccccc1. The van der Waals surface area contributed by atoms with Crippen molar-refractivity contribution >= 4 is 29.3 Å². The van der Waals surface area contributed by atoms with Gasteiger partial charge in [-0.2, -0.15) is 0 Å². The van der Waals surface area contributed by atoms with Crippen molar-refractivity contribution in [1.29, 1.82) is 0 Å². The third-order valence-electron chi connectivity index (χ3n) is 5.11. The van der Waals surface area contributed by atoms with Gasteiger partial charge in [-0.25, -0.2) is 0 Å². The lowest BCUT2D eigenvalue weighted by Gasteiger charge is -2.37. The van der Waals surface area contributed by atoms with Gasteiger partial charge >= 0.3 is 0 Å². The van der Waals surface area contributed by atoms with E-state index in [0.29, 0.717) is 13.1 Å². The molecule has 3 rings (SSSR count). The second-order valence-electron chi connectivity index (χ2n) is 8.72. The smallest absolute Gasteiger partial charge is 0.282 e. The fourth-order valence-electron chi connectivity index (χ4n) is 3.72. The predicted molar refractivity (Wildman–Crippen MR) is 123 cm³/mol. The van der Waals surface area contributed by atoms with Crippen LogP contribution in [0.5, 0.6) is 0 Å². The van der Waals surface area contributed by atoms with Crippen molar-refractivity contribution in [2.45, 2.75) is 44.2 Å². The molecule has 0 aromatic heterocycles. The van der Waals surface area contributed by atoms with E-state index in [1.807, 2.05) is 69.0 Å². The summed E-state index contributed by atoms with van der Waals surface area (Å²) in [5.41, 5.74) is 1.82. The van der Waals surface area contributed by atoms with Crippen molar-refractivity contribution in [2.24, 2.45) is 0 Å². The van der Waals surface area contributed by atoms with E-state index in [-0.39, 0.29) is 29.9 Å². The number of likely N-dealkylation sites (N-methyl/N-ethyl adjacent to an activating group) is 1. The molecule has 2 atom stereocenters. The molecular formula is C24H32N3O2S+. The predicted octanol–water partition coefficient (Wildman–Crippen LogP) is 2.69. The summed E-state index contributed by atoms with van der Waals surface area (Å²) in [6.45, 7) is 9.21. The van der Waals surface area contributed by atoms with Gasteiger partial charge in [0.25, 0.3) is 11.8 Å². The monoisotopic (exact) mass is 426 g/mol. The number of fused-ring (bicyclic) bond motifs is 1. The summed E-state index contributed by atoms with van der Waals surface area (Å²) in [6, 6.07) is 18.3. The molecule has 1 aliphatic heterocycles. The maximum Gasteiger partial charge on any atom is 0.282 e. The molecule has 0 saturated heterocycles. The van der Waals surface area contributed by atoms with Crippen LogP contribution in [0.2, 0.25) is 0 Å². The molecule has 1 aliphatic rings. The molecule has 2 amide bonds. The minimum atomic E-state index is -0.276. The molecule has 5 nitrogen and oxygen atoms in total. The summed E-state index contributed by atoms with van der Waals surface area (Å²) in [5.74, 6) is 0.844. The Labute approximate surface area is 183 Å². The minimum absolute atomic E-state index is 0.0138. The Morgan fingerprint density at radius 3 is 2.40 bits per heavy atom. The van der Waals surface area contributed by atoms with Crippen molar-refractivity contribution < 1.29 is 14.5 Å². The molecule has 160 valence electrons. The highest BCUT2D eigenvalue weighted by Crippen LogP contribution is 2.42. The van der Waals surface area contributed by atoms with Gasteiger partial charge in [0.15, 0.2) is 13.1 Å². The van der Waals surface area contributed by atoms with Gasteiger partial charge in [-0.3, -0.25) is 14.5 Å². The second kappa shape index (κ2) is 9.67. The molecule has 6 heteroatoms. The summed E-state index contributed by atoms with van der Waals surface area (Å²) >= 11 is 1.79. The van der Waals surface area contributed by atoms with Crippen molar-refractivity contribution in [2.75, 3.05) is 30.3 Å². The fourth-order valence-corrected chi connectivity index (χ4v) is 4.89. The average molecular weight is 427 g/mol. The number of carbonyl (C=O) groups excluding carboxylic acids is 2. The average Bonchev–Trinajstić information content (AvgIpc) is 2.71. The molecule has 1 heterocycles. The summed E-state index contributed by atoms with van der Waals surface area (Å²) in [7, 11) is 0. The number of amides is 2. The summed E-state index contributed by atoms with van der Waals surface area (Å²) in [5, 5.41) is 3.00. The molecule has 2 aromatic rings. The molecule has 0 saturated carbocycles. The number of hydrogen-bond donors (Lipinski definition) is 2. The van der Waals surface area contributed by atoms with Crippen LogP contribution in [0, 0.1) is 0 Å². The van der Waals surface area contributed by atoms with Crippen LogP contribution in [0.3, 0.4) is 0 Å². The number of carbonyl (C=O) groups is 2. The summed E-state index contributed by atoms with van der Waals surface area (Å²) < 4.78 is 0. The molecule has 0 fully saturated rings. The van der Waals surface area contributed by atoms with Crippen LogP contribution < -0.4 is 15.1 Å². The normalized spacial score (nSPS) is 17.2. The first kappa shape index (κ1) is 22.4. The van der Waals surface area contributed by atoms with Gasteiger partial charge in [0.05, 0.1) is 18.3 Å². The highest BCUT2D eigenvalue weighted by atomic mass is 32.2. The zero-order valence-corrected chi connectivity index (χ0v) is 19.1. The van der Waals surface area contributed by atoms with Crippen LogP contribution in [0.4, 0.5) is 5.69 Å². The number of hydrogen-bond acceptors (Lipinski definition) is 3. The van der Waals surface area contributed by atoms with Gasteiger partial charge in [-0.15, -0.1) is 11.8 Å². The molecule has 2 N–H and O–H groups in total. The Bertz CT molecular complexity index is 880. The maximum absolute atomic E-state index is 13.5. The highest BCUT2D eigenvalue weighted by molar-refractivity contribution is 7.99. The summed E-state index contributed by atoms with van der Waals surface area (Å²) in [6.07, 6.45) is 0. The lowest BCUT2D eigenvalue weighted by Crippen LogP contribution is -3.14. The summed E-state index contributed by atoms with van der Waals surface area (Å²) in [4.78, 5) is 30.0. The number of quaternary nitrogens is 1. The fraction of sp³-hybridized carbons (Fsp3) is 0.417. The third-order valence-corrected chi connectivity index (χ3v) is 6.25. The van der Waals surface area contributed by atoms with Crippen molar-refractivity contribution in [1.82, 2.24) is 5.32 Å². The van der Waals surface area contributed by atoms with E-state index in [1.54, 1.807) is 11.8 Å². The topological polar surface area (TPSA) is 53.9 Å². The number of thioether (sulfide) groups is 1. The van der Waals surface area contributed by atoms with E-state index in [0.717, 1.165) is 26.8 Å². The van der Waals surface area contributed by atoms with E-state index < -0.39 is 0 Å². The van der Waals surface area contributed by atoms with Crippen LogP contribution >= 0.6 is 11.8 Å². The zero-order chi connectivity index (χ0) is 21.7. The first-order valence-corrected chi connectivity index (χ1v) is 11.5. The largest absolute Gasteiger partial charge is 0.347 e. The standard InChI is InChI=1S/C24H31N3O2S/c1-5-26(15-22(28)25-24(2,3)4)16-23(29)27-19-13-9-10-14-21(19)30-17-20(27)18-11-7-6-8-12-18/h6-14,20H,5,15-17H2,1-4H3,(H,25,28)/p+1/t20-/m1/s1. The molecular weight excluding hydrogens is 394 g/mol. The van der Waals surface area contributed by atoms with Crippen molar-refractivity contribution in [3.05, 3.63) is 60.2 Å². The Morgan fingerprint density at radius 2 is 1.73 bits per heavy atom. The molecule has 1 unspecified atom stereocenters. The Morgan fingerprint density at radius 1 is 1.07 bits per heavy atom. The zero-order valence-electron chi connectivity index (χ0n) is 18.3. The van der Waals surface area contributed by atoms with Gasteiger partial charge < -0.3 is 10.2 Å². The van der Waals surface area contributed by atoms with Crippen LogP contribution in [-0.2, 0) is 9.59 Å². The van der Waals surface area contributed by atoms with E-state index in [4.69, 9.17) is 0 Å². The number of nitrogens with one attached hydrogen (secondary N) is 2. The van der Waals surface area contributed by atoms with Crippen LogP contribution in [0.25, 0.3) is 0 Å². The van der Waals surface area contributed by atoms with Gasteiger partial charge in [-0.1, -0.05) is 42.5 Å². The molecule has 2 aromatic carbocycles. The quantitative estimate of drug-likeness (QED) is 0.747. The van der Waals surface area contributed by atoms with Crippen LogP contribution in [0.15, 0.2) is 59.5 Å². The van der Waals surface area contributed by atoms with Gasteiger partial charge in [-0.05, 0) is 45.4 Å². The third kappa shape index (κ3) is 5.64. The van der Waals surface area contributed by atoms with Crippen LogP contribution in [0.1, 0.15) is 39.3 Å². The van der Waals surface area contributed by atoms with Gasteiger partial charge in [0.2, 0.25) is 0 Å². The van der Waals surface area contributed by atoms with E-state index in [2.05, 4.69) is 23.5 Å². The van der Waals surface area contributed by atoms with Gasteiger partial charge in [0.1, 0.15) is 0 Å². The molecule has 0 bridgehead atoms. The first-order chi connectivity index (χ1) is 14.3. The van der Waals surface area contributed by atoms with Gasteiger partial charge in [0, 0.05) is 16.2 Å².